The average molecular weight is 493 g/mol. The molecular formula is C21H22Cl2N6O4. The van der Waals surface area contributed by atoms with E-state index >= 15 is 0 Å². The molecule has 12 heteroatoms. The fraction of sp³-hybridized carbons (Fsp3) is 0.381. The van der Waals surface area contributed by atoms with E-state index in [4.69, 9.17) is 28.5 Å². The molecule has 0 saturated carbocycles. The highest BCUT2D eigenvalue weighted by Crippen LogP contribution is 2.32. The molecule has 2 rings (SSSR count). The topological polar surface area (TPSA) is 139 Å². The van der Waals surface area contributed by atoms with E-state index in [1.807, 2.05) is 19.2 Å². The molecule has 0 bridgehead atoms. The van der Waals surface area contributed by atoms with Gasteiger partial charge in [-0.05, 0) is 36.6 Å². The summed E-state index contributed by atoms with van der Waals surface area (Å²) >= 11 is 12.8. The minimum absolute atomic E-state index is 0.0216. The molecule has 0 fully saturated rings. The fourth-order valence-corrected chi connectivity index (χ4v) is 3.40. The molecule has 0 aliphatic rings. The van der Waals surface area contributed by atoms with E-state index in [2.05, 4.69) is 20.1 Å². The molecule has 10 nitrogen and oxygen atoms in total. The largest absolute Gasteiger partial charge is 0.450 e. The van der Waals surface area contributed by atoms with Crippen molar-refractivity contribution >= 4 is 40.9 Å². The van der Waals surface area contributed by atoms with E-state index in [0.717, 1.165) is 0 Å². The summed E-state index contributed by atoms with van der Waals surface area (Å²) in [6.45, 7) is 5.47. The number of ether oxygens (including phenoxy) is 1. The van der Waals surface area contributed by atoms with Gasteiger partial charge in [0.15, 0.2) is 0 Å². The number of nitrogens with zero attached hydrogens (tertiary/aromatic N) is 5. The number of carbonyl (C=O) groups is 2. The molecule has 1 aromatic carbocycles. The summed E-state index contributed by atoms with van der Waals surface area (Å²) in [5, 5.41) is 23.3. The molecule has 0 saturated heterocycles. The maximum absolute atomic E-state index is 12.2. The zero-order chi connectivity index (χ0) is 24.7. The Morgan fingerprint density at radius 3 is 2.45 bits per heavy atom. The van der Waals surface area contributed by atoms with Gasteiger partial charge in [-0.15, -0.1) is 0 Å². The lowest BCUT2D eigenvalue weighted by Crippen LogP contribution is -2.37. The van der Waals surface area contributed by atoms with Gasteiger partial charge in [-0.3, -0.25) is 14.9 Å². The fourth-order valence-electron chi connectivity index (χ4n) is 2.79. The van der Waals surface area contributed by atoms with Gasteiger partial charge in [0, 0.05) is 29.1 Å². The van der Waals surface area contributed by atoms with Gasteiger partial charge in [-0.25, -0.2) is 9.48 Å². The highest BCUT2D eigenvalue weighted by atomic mass is 35.5. The maximum Gasteiger partial charge on any atom is 0.413 e. The van der Waals surface area contributed by atoms with Gasteiger partial charge >= 0.3 is 6.09 Å². The van der Waals surface area contributed by atoms with Crippen molar-refractivity contribution in [1.29, 1.82) is 5.26 Å². The van der Waals surface area contributed by atoms with Crippen molar-refractivity contribution in [3.8, 4) is 6.07 Å². The molecule has 1 atom stereocenters. The smallest absolute Gasteiger partial charge is 0.413 e. The number of alkyl carbamates (subject to hydrolysis) is 1. The zero-order valence-electron chi connectivity index (χ0n) is 18.4. The second kappa shape index (κ2) is 11.5. The Labute approximate surface area is 200 Å². The number of azo groups is 1. The first-order valence-electron chi connectivity index (χ1n) is 9.90. The lowest BCUT2D eigenvalue weighted by atomic mass is 10.0. The Morgan fingerprint density at radius 1 is 1.27 bits per heavy atom. The molecule has 0 spiro atoms. The molecule has 0 aliphatic heterocycles. The lowest BCUT2D eigenvalue weighted by Gasteiger charge is -2.12. The molecule has 1 aromatic heterocycles. The van der Waals surface area contributed by atoms with Crippen LogP contribution in [-0.4, -0.2) is 34.4 Å². The summed E-state index contributed by atoms with van der Waals surface area (Å²) in [4.78, 5) is 35.5. The summed E-state index contributed by atoms with van der Waals surface area (Å²) in [6, 6.07) is 4.73. The van der Waals surface area contributed by atoms with Gasteiger partial charge in [0.05, 0.1) is 18.0 Å². The van der Waals surface area contributed by atoms with Crippen LogP contribution in [0.15, 0.2) is 33.2 Å². The Kier molecular flexibility index (Phi) is 9.08. The molecule has 0 radical (unpaired) electrons. The molecule has 1 unspecified atom stereocenters. The number of carbonyl (C=O) groups excluding carboxylic acids is 2. The predicted octanol–water partition coefficient (Wildman–Crippen LogP) is 4.05. The Hall–Kier alpha value is -3.29. The molecule has 174 valence electrons. The monoisotopic (exact) mass is 492 g/mol. The Bertz CT molecular complexity index is 1160. The van der Waals surface area contributed by atoms with Crippen LogP contribution in [0.3, 0.4) is 0 Å². The normalized spacial score (nSPS) is 11.9. The van der Waals surface area contributed by atoms with Crippen LogP contribution in [0, 0.1) is 11.3 Å². The van der Waals surface area contributed by atoms with Gasteiger partial charge in [0.25, 0.3) is 11.5 Å². The minimum Gasteiger partial charge on any atom is -0.450 e. The first kappa shape index (κ1) is 26.0. The highest BCUT2D eigenvalue weighted by Gasteiger charge is 2.20. The number of amides is 2. The zero-order valence-corrected chi connectivity index (χ0v) is 19.9. The number of nitriles is 1. The van der Waals surface area contributed by atoms with Crippen molar-refractivity contribution in [2.75, 3.05) is 6.61 Å². The third kappa shape index (κ3) is 6.84. The standard InChI is InChI=1S/C21H22Cl2N6O4/c1-5-33-21(32)25-19(30)18(10-24)27-26-12-8-16(22)15(17(23)9-12)7-13-6-14(11(2)3)20(31)29(4)28-13/h6,8-9,11,18H,5,7H2,1-4H3,(H,25,30,32). The molecule has 1 heterocycles. The number of aryl methyl sites for hydroxylation is 1. The molecule has 0 aliphatic carbocycles. The number of rotatable bonds is 7. The summed E-state index contributed by atoms with van der Waals surface area (Å²) in [6.07, 6.45) is -0.716. The first-order valence-corrected chi connectivity index (χ1v) is 10.7. The predicted molar refractivity (Wildman–Crippen MR) is 122 cm³/mol. The van der Waals surface area contributed by atoms with Crippen LogP contribution in [0.4, 0.5) is 10.5 Å². The van der Waals surface area contributed by atoms with Crippen LogP contribution in [-0.2, 0) is 23.0 Å². The van der Waals surface area contributed by atoms with Crippen molar-refractivity contribution in [2.24, 2.45) is 17.3 Å². The number of hydrogen-bond acceptors (Lipinski definition) is 8. The van der Waals surface area contributed by atoms with Gasteiger partial charge in [-0.1, -0.05) is 37.0 Å². The number of imide groups is 1. The first-order chi connectivity index (χ1) is 15.6. The van der Waals surface area contributed by atoms with Crippen molar-refractivity contribution in [2.45, 2.75) is 39.2 Å². The minimum atomic E-state index is -1.57. The van der Waals surface area contributed by atoms with Crippen molar-refractivity contribution < 1.29 is 14.3 Å². The van der Waals surface area contributed by atoms with Crippen LogP contribution in [0.25, 0.3) is 0 Å². The Morgan fingerprint density at radius 2 is 1.91 bits per heavy atom. The van der Waals surface area contributed by atoms with E-state index in [1.54, 1.807) is 26.1 Å². The molecule has 2 amide bonds. The summed E-state index contributed by atoms with van der Waals surface area (Å²) in [5.74, 6) is -0.955. The van der Waals surface area contributed by atoms with E-state index in [0.29, 0.717) is 16.8 Å². The number of nitrogens with one attached hydrogen (secondary N) is 1. The maximum atomic E-state index is 12.2. The van der Waals surface area contributed by atoms with E-state index < -0.39 is 18.0 Å². The van der Waals surface area contributed by atoms with Gasteiger partial charge in [0.2, 0.25) is 6.04 Å². The Balaban J connectivity index is 2.25. The number of benzene rings is 1. The SMILES string of the molecule is CCOC(=O)NC(=O)C(C#N)N=Nc1cc(Cl)c(Cc2cc(C(C)C)c(=O)n(C)n2)c(Cl)c1. The van der Waals surface area contributed by atoms with Crippen molar-refractivity contribution in [1.82, 2.24) is 15.1 Å². The van der Waals surface area contributed by atoms with Gasteiger partial charge in [-0.2, -0.15) is 20.6 Å². The third-order valence-corrected chi connectivity index (χ3v) is 5.08. The molecule has 33 heavy (non-hydrogen) atoms. The highest BCUT2D eigenvalue weighted by molar-refractivity contribution is 6.36. The number of aromatic nitrogens is 2. The molecule has 1 N–H and O–H groups in total. The number of hydrogen-bond donors (Lipinski definition) is 1. The van der Waals surface area contributed by atoms with Crippen molar-refractivity contribution in [3.63, 3.8) is 0 Å². The quantitative estimate of drug-likeness (QED) is 0.578. The second-order valence-corrected chi connectivity index (χ2v) is 8.01. The van der Waals surface area contributed by atoms with Crippen LogP contribution in [0.1, 0.15) is 43.5 Å². The van der Waals surface area contributed by atoms with E-state index in [1.165, 1.54) is 16.8 Å². The lowest BCUT2D eigenvalue weighted by molar-refractivity contribution is -0.120. The molecule has 2 aromatic rings. The average Bonchev–Trinajstić information content (AvgIpc) is 2.73. The van der Waals surface area contributed by atoms with E-state index in [9.17, 15) is 14.4 Å². The third-order valence-electron chi connectivity index (χ3n) is 4.41. The number of halogens is 2. The van der Waals surface area contributed by atoms with Gasteiger partial charge < -0.3 is 4.74 Å². The van der Waals surface area contributed by atoms with Crippen molar-refractivity contribution in [3.05, 3.63) is 55.4 Å². The van der Waals surface area contributed by atoms with E-state index in [-0.39, 0.29) is 40.2 Å². The molecular weight excluding hydrogens is 471 g/mol. The van der Waals surface area contributed by atoms with Crippen LogP contribution in [0.5, 0.6) is 0 Å². The summed E-state index contributed by atoms with van der Waals surface area (Å²) in [5.41, 5.74) is 1.84. The van der Waals surface area contributed by atoms with Gasteiger partial charge in [0.1, 0.15) is 6.07 Å². The van der Waals surface area contributed by atoms with Crippen LogP contribution >= 0.6 is 23.2 Å². The summed E-state index contributed by atoms with van der Waals surface area (Å²) < 4.78 is 5.86. The summed E-state index contributed by atoms with van der Waals surface area (Å²) in [7, 11) is 1.58. The van der Waals surface area contributed by atoms with Crippen LogP contribution < -0.4 is 10.9 Å². The second-order valence-electron chi connectivity index (χ2n) is 7.20. The van der Waals surface area contributed by atoms with Crippen LogP contribution in [0.2, 0.25) is 10.0 Å².